The number of aromatic nitrogens is 1. The normalized spacial score (nSPS) is 17.7. The Bertz CT molecular complexity index is 1280. The summed E-state index contributed by atoms with van der Waals surface area (Å²) in [4.78, 5) is 15.6. The van der Waals surface area contributed by atoms with Crippen molar-refractivity contribution in [2.24, 2.45) is 0 Å². The van der Waals surface area contributed by atoms with Crippen molar-refractivity contribution in [1.29, 1.82) is 0 Å². The highest BCUT2D eigenvalue weighted by molar-refractivity contribution is 5.76. The van der Waals surface area contributed by atoms with Crippen molar-refractivity contribution in [1.82, 2.24) is 4.98 Å². The van der Waals surface area contributed by atoms with Gasteiger partial charge in [-0.15, -0.1) is 0 Å². The number of pyridine rings is 1. The molecule has 2 aliphatic rings. The molecule has 0 bridgehead atoms. The molecule has 3 aromatic rings. The minimum atomic E-state index is -0.838. The molecule has 37 heavy (non-hydrogen) atoms. The van der Waals surface area contributed by atoms with Crippen molar-refractivity contribution in [2.45, 2.75) is 51.6 Å². The first-order chi connectivity index (χ1) is 17.9. The van der Waals surface area contributed by atoms with Gasteiger partial charge < -0.3 is 24.1 Å². The summed E-state index contributed by atoms with van der Waals surface area (Å²) in [6.45, 7) is 5.96. The molecule has 1 unspecified atom stereocenters. The first kappa shape index (κ1) is 25.1. The van der Waals surface area contributed by atoms with Crippen LogP contribution in [-0.2, 0) is 16.0 Å². The van der Waals surface area contributed by atoms with Crippen LogP contribution in [0.25, 0.3) is 11.1 Å². The van der Waals surface area contributed by atoms with Gasteiger partial charge >= 0.3 is 5.97 Å². The molecule has 0 saturated heterocycles. The summed E-state index contributed by atoms with van der Waals surface area (Å²) in [6, 6.07) is 12.5. The van der Waals surface area contributed by atoms with Crippen molar-refractivity contribution in [3.63, 3.8) is 0 Å². The number of ether oxygens (including phenoxy) is 4. The van der Waals surface area contributed by atoms with Crippen LogP contribution in [0.3, 0.4) is 0 Å². The van der Waals surface area contributed by atoms with Crippen LogP contribution in [0.15, 0.2) is 42.6 Å². The van der Waals surface area contributed by atoms with Crippen molar-refractivity contribution < 1.29 is 28.8 Å². The Hall–Kier alpha value is -3.58. The minimum Gasteiger partial charge on any atom is -0.493 e. The molecular formula is C30H33NO6. The van der Waals surface area contributed by atoms with Crippen LogP contribution in [0.4, 0.5) is 0 Å². The predicted molar refractivity (Wildman–Crippen MR) is 140 cm³/mol. The molecule has 0 fully saturated rings. The van der Waals surface area contributed by atoms with Gasteiger partial charge in [-0.25, -0.2) is 4.98 Å². The van der Waals surface area contributed by atoms with Crippen molar-refractivity contribution >= 4 is 5.97 Å². The number of nitrogens with zero attached hydrogens (tertiary/aromatic N) is 1. The van der Waals surface area contributed by atoms with E-state index in [1.807, 2.05) is 0 Å². The fourth-order valence-corrected chi connectivity index (χ4v) is 5.53. The van der Waals surface area contributed by atoms with E-state index in [0.717, 1.165) is 30.6 Å². The molecule has 5 rings (SSSR count). The second-order valence-corrected chi connectivity index (χ2v) is 9.81. The maximum atomic E-state index is 11.1. The van der Waals surface area contributed by atoms with E-state index < -0.39 is 5.97 Å². The molecule has 194 valence electrons. The Kier molecular flexibility index (Phi) is 7.33. The summed E-state index contributed by atoms with van der Waals surface area (Å²) >= 11 is 0. The van der Waals surface area contributed by atoms with Crippen LogP contribution in [0, 0.1) is 13.8 Å². The monoisotopic (exact) mass is 503 g/mol. The third-order valence-corrected chi connectivity index (χ3v) is 7.19. The molecule has 0 saturated carbocycles. The Morgan fingerprint density at radius 3 is 2.70 bits per heavy atom. The summed E-state index contributed by atoms with van der Waals surface area (Å²) in [7, 11) is 1.70. The van der Waals surface area contributed by atoms with Gasteiger partial charge in [-0.2, -0.15) is 0 Å². The van der Waals surface area contributed by atoms with Crippen molar-refractivity contribution in [2.75, 3.05) is 26.9 Å². The van der Waals surface area contributed by atoms with Gasteiger partial charge in [0.05, 0.1) is 19.6 Å². The third kappa shape index (κ3) is 5.27. The largest absolute Gasteiger partial charge is 0.493 e. The Labute approximate surface area is 217 Å². The lowest BCUT2D eigenvalue weighted by molar-refractivity contribution is -0.137. The van der Waals surface area contributed by atoms with Gasteiger partial charge in [0.1, 0.15) is 17.6 Å². The maximum Gasteiger partial charge on any atom is 0.304 e. The van der Waals surface area contributed by atoms with E-state index in [9.17, 15) is 4.79 Å². The summed E-state index contributed by atoms with van der Waals surface area (Å²) < 4.78 is 23.1. The minimum absolute atomic E-state index is 0.0351. The van der Waals surface area contributed by atoms with Gasteiger partial charge in [0, 0.05) is 43.9 Å². The molecule has 2 aromatic carbocycles. The maximum absolute atomic E-state index is 11.1. The van der Waals surface area contributed by atoms with Gasteiger partial charge in [0.15, 0.2) is 0 Å². The van der Waals surface area contributed by atoms with Gasteiger partial charge in [-0.3, -0.25) is 4.79 Å². The molecule has 1 aromatic heterocycles. The highest BCUT2D eigenvalue weighted by Crippen LogP contribution is 2.43. The zero-order valence-corrected chi connectivity index (χ0v) is 21.6. The Morgan fingerprint density at radius 1 is 1.14 bits per heavy atom. The average Bonchev–Trinajstić information content (AvgIpc) is 3.45. The second-order valence-electron chi connectivity index (χ2n) is 9.81. The van der Waals surface area contributed by atoms with E-state index in [2.05, 4.69) is 49.2 Å². The highest BCUT2D eigenvalue weighted by atomic mass is 16.5. The van der Waals surface area contributed by atoms with Crippen LogP contribution in [-0.4, -0.2) is 43.0 Å². The molecular weight excluding hydrogens is 470 g/mol. The van der Waals surface area contributed by atoms with Gasteiger partial charge in [-0.1, -0.05) is 18.2 Å². The van der Waals surface area contributed by atoms with Crippen LogP contribution in [0.1, 0.15) is 59.1 Å². The van der Waals surface area contributed by atoms with Crippen molar-refractivity contribution in [3.05, 3.63) is 70.4 Å². The lowest BCUT2D eigenvalue weighted by atomic mass is 9.90. The molecule has 1 aliphatic heterocycles. The van der Waals surface area contributed by atoms with Crippen LogP contribution < -0.4 is 14.2 Å². The molecule has 0 radical (unpaired) electrons. The number of benzene rings is 2. The average molecular weight is 504 g/mol. The number of carbonyl (C=O) groups is 1. The molecule has 1 N–H and O–H groups in total. The van der Waals surface area contributed by atoms with Crippen LogP contribution in [0.5, 0.6) is 17.4 Å². The molecule has 1 aliphatic carbocycles. The number of hydrogen-bond donors (Lipinski definition) is 1. The molecule has 2 heterocycles. The summed E-state index contributed by atoms with van der Waals surface area (Å²) in [5.41, 5.74) is 8.19. The number of rotatable bonds is 10. The van der Waals surface area contributed by atoms with E-state index in [1.165, 1.54) is 33.4 Å². The number of methoxy groups -OCH3 is 1. The lowest BCUT2D eigenvalue weighted by Gasteiger charge is -2.18. The van der Waals surface area contributed by atoms with E-state index >= 15 is 0 Å². The quantitative estimate of drug-likeness (QED) is 0.350. The summed E-state index contributed by atoms with van der Waals surface area (Å²) in [5.74, 6) is 1.05. The van der Waals surface area contributed by atoms with E-state index in [-0.39, 0.29) is 18.4 Å². The standard InChI is InChI=1S/C30H33NO6/c1-18-12-21(35-11-5-10-34-3)13-19(2)30(18)24-7-4-6-23-22(24)8-9-26(23)37-28-15-27-25(16-31-28)20(17-36-27)14-29(32)33/h4,6-7,12-13,15-16,20,26H,5,8-11,14,17H2,1-3H3,(H,32,33)/t20-,26?/m1/s1. The summed E-state index contributed by atoms with van der Waals surface area (Å²) in [5, 5.41) is 9.13. The van der Waals surface area contributed by atoms with Gasteiger partial charge in [0.2, 0.25) is 5.88 Å². The van der Waals surface area contributed by atoms with Crippen molar-refractivity contribution in [3.8, 4) is 28.5 Å². The number of hydrogen-bond acceptors (Lipinski definition) is 6. The predicted octanol–water partition coefficient (Wildman–Crippen LogP) is 5.80. The first-order valence-corrected chi connectivity index (χ1v) is 12.8. The Balaban J connectivity index is 1.35. The van der Waals surface area contributed by atoms with E-state index in [0.29, 0.717) is 31.5 Å². The van der Waals surface area contributed by atoms with Crippen LogP contribution >= 0.6 is 0 Å². The SMILES string of the molecule is COCCCOc1cc(C)c(-c2cccc3c2CCC3Oc2cc3c(cn2)[C@H](CC(=O)O)CO3)c(C)c1. The number of carboxylic acids is 1. The fraction of sp³-hybridized carbons (Fsp3) is 0.400. The fourth-order valence-electron chi connectivity index (χ4n) is 5.53. The van der Waals surface area contributed by atoms with E-state index in [4.69, 9.17) is 24.1 Å². The number of aryl methyl sites for hydroxylation is 2. The molecule has 2 atom stereocenters. The zero-order valence-electron chi connectivity index (χ0n) is 21.6. The van der Waals surface area contributed by atoms with Gasteiger partial charge in [-0.05, 0) is 72.2 Å². The smallest absolute Gasteiger partial charge is 0.304 e. The first-order valence-electron chi connectivity index (χ1n) is 12.8. The topological polar surface area (TPSA) is 87.1 Å². The lowest BCUT2D eigenvalue weighted by Crippen LogP contribution is -2.07. The summed E-state index contributed by atoms with van der Waals surface area (Å²) in [6.07, 6.45) is 4.29. The highest BCUT2D eigenvalue weighted by Gasteiger charge is 2.30. The third-order valence-electron chi connectivity index (χ3n) is 7.19. The van der Waals surface area contributed by atoms with Crippen LogP contribution in [0.2, 0.25) is 0 Å². The molecule has 0 spiro atoms. The molecule has 0 amide bonds. The number of aliphatic carboxylic acids is 1. The Morgan fingerprint density at radius 2 is 1.95 bits per heavy atom. The number of fused-ring (bicyclic) bond motifs is 2. The van der Waals surface area contributed by atoms with E-state index in [1.54, 1.807) is 19.4 Å². The van der Waals surface area contributed by atoms with Gasteiger partial charge in [0.25, 0.3) is 0 Å². The zero-order chi connectivity index (χ0) is 25.9. The molecule has 7 heteroatoms. The number of carboxylic acid groups (broad SMARTS) is 1. The molecule has 7 nitrogen and oxygen atoms in total. The second kappa shape index (κ2) is 10.8.